The molecule has 0 radical (unpaired) electrons. The van der Waals surface area contributed by atoms with E-state index in [0.717, 1.165) is 0 Å². The van der Waals surface area contributed by atoms with Gasteiger partial charge in [-0.15, -0.1) is 0 Å². The molecule has 4 heteroatoms. The number of hydrogen-bond donors (Lipinski definition) is 2. The molecule has 4 nitrogen and oxygen atoms in total. The lowest BCUT2D eigenvalue weighted by molar-refractivity contribution is -0.123. The van der Waals surface area contributed by atoms with Gasteiger partial charge < -0.3 is 16.2 Å². The third-order valence-electron chi connectivity index (χ3n) is 1.54. The lowest BCUT2D eigenvalue weighted by Crippen LogP contribution is -2.52. The standard InChI is InChI=1S/C5H10N2O2/c6-4(8)5(7)1-2-9-3-5/h1-3,7H2,(H2,6,8)/t5-/m1/s1. The zero-order valence-corrected chi connectivity index (χ0v) is 5.09. The van der Waals surface area contributed by atoms with Crippen LogP contribution in [0, 0.1) is 0 Å². The van der Waals surface area contributed by atoms with E-state index >= 15 is 0 Å². The third-order valence-corrected chi connectivity index (χ3v) is 1.54. The molecule has 1 rings (SSSR count). The predicted octanol–water partition coefficient (Wildman–Crippen LogP) is -1.41. The van der Waals surface area contributed by atoms with Crippen molar-refractivity contribution in [3.05, 3.63) is 0 Å². The Kier molecular flexibility index (Phi) is 1.42. The fourth-order valence-corrected chi connectivity index (χ4v) is 0.775. The Morgan fingerprint density at radius 3 is 2.56 bits per heavy atom. The van der Waals surface area contributed by atoms with Crippen LogP contribution in [0.2, 0.25) is 0 Å². The molecule has 1 aliphatic heterocycles. The Bertz CT molecular complexity index is 129. The number of carbonyl (C=O) groups is 1. The van der Waals surface area contributed by atoms with Crippen molar-refractivity contribution in [2.24, 2.45) is 11.5 Å². The van der Waals surface area contributed by atoms with Crippen molar-refractivity contribution in [2.45, 2.75) is 12.0 Å². The molecule has 52 valence electrons. The number of hydrogen-bond acceptors (Lipinski definition) is 3. The first-order chi connectivity index (χ1) is 4.15. The monoisotopic (exact) mass is 130 g/mol. The molecule has 1 heterocycles. The van der Waals surface area contributed by atoms with Gasteiger partial charge in [-0.2, -0.15) is 0 Å². The first kappa shape index (κ1) is 6.51. The van der Waals surface area contributed by atoms with E-state index < -0.39 is 11.4 Å². The summed E-state index contributed by atoms with van der Waals surface area (Å²) in [6, 6.07) is 0. The highest BCUT2D eigenvalue weighted by Crippen LogP contribution is 2.13. The summed E-state index contributed by atoms with van der Waals surface area (Å²) in [5.74, 6) is -0.472. The SMILES string of the molecule is NC(=O)[C@@]1(N)CCOC1. The highest BCUT2D eigenvalue weighted by molar-refractivity contribution is 5.84. The Morgan fingerprint density at radius 2 is 2.33 bits per heavy atom. The zero-order valence-electron chi connectivity index (χ0n) is 5.09. The van der Waals surface area contributed by atoms with Crippen LogP contribution in [0.3, 0.4) is 0 Å². The molecule has 1 amide bonds. The first-order valence-electron chi connectivity index (χ1n) is 2.82. The number of primary amides is 1. The second kappa shape index (κ2) is 1.97. The van der Waals surface area contributed by atoms with Crippen LogP contribution >= 0.6 is 0 Å². The smallest absolute Gasteiger partial charge is 0.239 e. The number of rotatable bonds is 1. The van der Waals surface area contributed by atoms with E-state index in [1.54, 1.807) is 0 Å². The van der Waals surface area contributed by atoms with Gasteiger partial charge in [-0.05, 0) is 6.42 Å². The minimum atomic E-state index is -0.889. The van der Waals surface area contributed by atoms with Gasteiger partial charge in [0, 0.05) is 6.61 Å². The third kappa shape index (κ3) is 1.04. The molecule has 0 bridgehead atoms. The highest BCUT2D eigenvalue weighted by Gasteiger charge is 2.36. The Balaban J connectivity index is 2.61. The molecule has 0 aliphatic carbocycles. The van der Waals surface area contributed by atoms with Crippen molar-refractivity contribution in [3.8, 4) is 0 Å². The van der Waals surface area contributed by atoms with Gasteiger partial charge in [-0.3, -0.25) is 4.79 Å². The zero-order chi connectivity index (χ0) is 6.91. The minimum absolute atomic E-state index is 0.266. The van der Waals surface area contributed by atoms with E-state index in [0.29, 0.717) is 13.0 Å². The Labute approximate surface area is 53.1 Å². The van der Waals surface area contributed by atoms with E-state index in [-0.39, 0.29) is 6.61 Å². The second-order valence-corrected chi connectivity index (χ2v) is 2.32. The molecule has 4 N–H and O–H groups in total. The molecule has 0 aromatic carbocycles. The summed E-state index contributed by atoms with van der Waals surface area (Å²) in [5.41, 5.74) is 9.60. The summed E-state index contributed by atoms with van der Waals surface area (Å²) in [4.78, 5) is 10.5. The van der Waals surface area contributed by atoms with E-state index in [4.69, 9.17) is 16.2 Å². The summed E-state index contributed by atoms with van der Waals surface area (Å²) >= 11 is 0. The maximum absolute atomic E-state index is 10.5. The van der Waals surface area contributed by atoms with Crippen molar-refractivity contribution >= 4 is 5.91 Å². The van der Waals surface area contributed by atoms with Crippen LogP contribution in [0.4, 0.5) is 0 Å². The van der Waals surface area contributed by atoms with Gasteiger partial charge in [0.2, 0.25) is 5.91 Å². The van der Waals surface area contributed by atoms with Crippen LogP contribution in [0.25, 0.3) is 0 Å². The molecule has 1 aliphatic rings. The van der Waals surface area contributed by atoms with E-state index in [2.05, 4.69) is 0 Å². The maximum Gasteiger partial charge on any atom is 0.239 e. The van der Waals surface area contributed by atoms with Crippen LogP contribution in [-0.4, -0.2) is 24.7 Å². The van der Waals surface area contributed by atoms with Crippen molar-refractivity contribution in [2.75, 3.05) is 13.2 Å². The van der Waals surface area contributed by atoms with Crippen LogP contribution in [0.5, 0.6) is 0 Å². The number of carbonyl (C=O) groups excluding carboxylic acids is 1. The second-order valence-electron chi connectivity index (χ2n) is 2.32. The van der Waals surface area contributed by atoms with E-state index in [1.165, 1.54) is 0 Å². The Morgan fingerprint density at radius 1 is 1.67 bits per heavy atom. The van der Waals surface area contributed by atoms with Crippen molar-refractivity contribution in [1.29, 1.82) is 0 Å². The molecule has 0 aromatic rings. The molecular weight excluding hydrogens is 120 g/mol. The molecule has 9 heavy (non-hydrogen) atoms. The van der Waals surface area contributed by atoms with E-state index in [9.17, 15) is 4.79 Å². The normalized spacial score (nSPS) is 34.8. The molecule has 0 spiro atoms. The lowest BCUT2D eigenvalue weighted by Gasteiger charge is -2.15. The van der Waals surface area contributed by atoms with Gasteiger partial charge in [0.25, 0.3) is 0 Å². The van der Waals surface area contributed by atoms with Gasteiger partial charge in [0.05, 0.1) is 6.61 Å². The molecule has 0 aromatic heterocycles. The van der Waals surface area contributed by atoms with E-state index in [1.807, 2.05) is 0 Å². The first-order valence-corrected chi connectivity index (χ1v) is 2.82. The number of ether oxygens (including phenoxy) is 1. The maximum atomic E-state index is 10.5. The summed E-state index contributed by atoms with van der Waals surface area (Å²) in [7, 11) is 0. The van der Waals surface area contributed by atoms with Gasteiger partial charge in [-0.25, -0.2) is 0 Å². The molecule has 1 atom stereocenters. The van der Waals surface area contributed by atoms with Crippen molar-refractivity contribution in [3.63, 3.8) is 0 Å². The average Bonchev–Trinajstić information content (AvgIpc) is 2.16. The average molecular weight is 130 g/mol. The van der Waals surface area contributed by atoms with Crippen LogP contribution in [0.1, 0.15) is 6.42 Å². The fourth-order valence-electron chi connectivity index (χ4n) is 0.775. The summed E-state index contributed by atoms with van der Waals surface area (Å²) in [5, 5.41) is 0. The molecule has 0 unspecified atom stereocenters. The largest absolute Gasteiger partial charge is 0.379 e. The van der Waals surface area contributed by atoms with Crippen LogP contribution < -0.4 is 11.5 Å². The number of nitrogens with two attached hydrogens (primary N) is 2. The van der Waals surface area contributed by atoms with Gasteiger partial charge >= 0.3 is 0 Å². The van der Waals surface area contributed by atoms with Crippen LogP contribution in [0.15, 0.2) is 0 Å². The quantitative estimate of drug-likeness (QED) is 0.457. The van der Waals surface area contributed by atoms with Gasteiger partial charge in [-0.1, -0.05) is 0 Å². The minimum Gasteiger partial charge on any atom is -0.379 e. The summed E-state index contributed by atoms with van der Waals surface area (Å²) in [6.45, 7) is 0.807. The molecular formula is C5H10N2O2. The van der Waals surface area contributed by atoms with Crippen molar-refractivity contribution < 1.29 is 9.53 Å². The van der Waals surface area contributed by atoms with Gasteiger partial charge in [0.1, 0.15) is 5.54 Å². The summed E-state index contributed by atoms with van der Waals surface area (Å²) < 4.78 is 4.90. The van der Waals surface area contributed by atoms with Crippen LogP contribution in [-0.2, 0) is 9.53 Å². The topological polar surface area (TPSA) is 78.3 Å². The lowest BCUT2D eigenvalue weighted by atomic mass is 10.0. The fraction of sp³-hybridized carbons (Fsp3) is 0.800. The number of amides is 1. The Hall–Kier alpha value is -0.610. The summed E-state index contributed by atoms with van der Waals surface area (Å²) in [6.07, 6.45) is 0.544. The highest BCUT2D eigenvalue weighted by atomic mass is 16.5. The molecule has 1 saturated heterocycles. The van der Waals surface area contributed by atoms with Gasteiger partial charge in [0.15, 0.2) is 0 Å². The molecule has 0 saturated carbocycles. The molecule has 1 fully saturated rings. The van der Waals surface area contributed by atoms with Crippen molar-refractivity contribution in [1.82, 2.24) is 0 Å². The predicted molar refractivity (Wildman–Crippen MR) is 31.5 cm³/mol.